The summed E-state index contributed by atoms with van der Waals surface area (Å²) in [6.45, 7) is 3.39. The predicted octanol–water partition coefficient (Wildman–Crippen LogP) is 4.05. The molecule has 1 amide bonds. The van der Waals surface area contributed by atoms with E-state index < -0.39 is 11.9 Å². The molecule has 0 atom stereocenters. The van der Waals surface area contributed by atoms with Crippen molar-refractivity contribution in [2.75, 3.05) is 0 Å². The molecule has 0 spiro atoms. The number of fused-ring (bicyclic) bond motifs is 1. The summed E-state index contributed by atoms with van der Waals surface area (Å²) in [7, 11) is 0. The fraction of sp³-hybridized carbons (Fsp3) is 0. The minimum absolute atomic E-state index is 0.0762. The summed E-state index contributed by atoms with van der Waals surface area (Å²) in [5.41, 5.74) is 3.39. The van der Waals surface area contributed by atoms with Gasteiger partial charge >= 0.3 is 5.97 Å². The fourth-order valence-electron chi connectivity index (χ4n) is 2.52. The van der Waals surface area contributed by atoms with Crippen LogP contribution in [0.15, 0.2) is 72.4 Å². The van der Waals surface area contributed by atoms with Crippen LogP contribution in [0.5, 0.6) is 11.5 Å². The number of benzene rings is 3. The first kappa shape index (κ1) is 19.1. The van der Waals surface area contributed by atoms with Gasteiger partial charge in [0.25, 0.3) is 5.91 Å². The van der Waals surface area contributed by atoms with Crippen molar-refractivity contribution in [3.63, 3.8) is 0 Å². The van der Waals surface area contributed by atoms with Crippen molar-refractivity contribution in [3.8, 4) is 11.5 Å². The van der Waals surface area contributed by atoms with Gasteiger partial charge in [-0.1, -0.05) is 42.4 Å². The van der Waals surface area contributed by atoms with Crippen LogP contribution < -0.4 is 10.2 Å². The van der Waals surface area contributed by atoms with E-state index in [4.69, 9.17) is 16.3 Å². The normalized spacial score (nSPS) is 10.8. The maximum absolute atomic E-state index is 12.1. The molecule has 28 heavy (non-hydrogen) atoms. The molecule has 0 saturated carbocycles. The monoisotopic (exact) mass is 394 g/mol. The van der Waals surface area contributed by atoms with Crippen LogP contribution in [0.1, 0.15) is 15.9 Å². The lowest BCUT2D eigenvalue weighted by Gasteiger charge is -2.08. The average molecular weight is 395 g/mol. The number of carbonyl (C=O) groups is 2. The zero-order valence-electron chi connectivity index (χ0n) is 14.6. The van der Waals surface area contributed by atoms with E-state index in [2.05, 4.69) is 17.1 Å². The molecule has 3 aromatic rings. The number of hydrazone groups is 1. The molecule has 0 aliphatic carbocycles. The molecular formula is C21H15ClN2O4. The third-order valence-electron chi connectivity index (χ3n) is 3.87. The summed E-state index contributed by atoms with van der Waals surface area (Å²) < 4.78 is 5.25. The molecule has 3 rings (SSSR count). The Morgan fingerprint density at radius 3 is 2.57 bits per heavy atom. The second kappa shape index (κ2) is 8.37. The van der Waals surface area contributed by atoms with E-state index in [0.29, 0.717) is 5.75 Å². The number of nitrogens with one attached hydrogen (secondary N) is 1. The van der Waals surface area contributed by atoms with Gasteiger partial charge < -0.3 is 9.84 Å². The van der Waals surface area contributed by atoms with E-state index in [9.17, 15) is 14.7 Å². The Kier molecular flexibility index (Phi) is 5.72. The topological polar surface area (TPSA) is 88.0 Å². The summed E-state index contributed by atoms with van der Waals surface area (Å²) in [6.07, 6.45) is 2.58. The van der Waals surface area contributed by atoms with Crippen LogP contribution >= 0.6 is 11.6 Å². The number of amides is 1. The Labute approximate surface area is 165 Å². The lowest BCUT2D eigenvalue weighted by atomic mass is 10.0. The molecule has 0 fully saturated rings. The highest BCUT2D eigenvalue weighted by Gasteiger charge is 2.09. The molecule has 0 aliphatic rings. The van der Waals surface area contributed by atoms with Crippen LogP contribution in [0.3, 0.4) is 0 Å². The van der Waals surface area contributed by atoms with Gasteiger partial charge in [0.2, 0.25) is 0 Å². The van der Waals surface area contributed by atoms with E-state index in [0.717, 1.165) is 22.4 Å². The predicted molar refractivity (Wildman–Crippen MR) is 108 cm³/mol. The van der Waals surface area contributed by atoms with Gasteiger partial charge in [0.05, 0.1) is 11.2 Å². The first-order chi connectivity index (χ1) is 13.5. The van der Waals surface area contributed by atoms with Crippen LogP contribution in [0.25, 0.3) is 10.8 Å². The third kappa shape index (κ3) is 4.19. The molecule has 0 saturated heterocycles. The first-order valence-electron chi connectivity index (χ1n) is 8.17. The second-order valence-electron chi connectivity index (χ2n) is 5.69. The lowest BCUT2D eigenvalue weighted by molar-refractivity contribution is -0.128. The van der Waals surface area contributed by atoms with Gasteiger partial charge in [0.15, 0.2) is 0 Å². The van der Waals surface area contributed by atoms with E-state index in [1.54, 1.807) is 12.1 Å². The zero-order chi connectivity index (χ0) is 20.1. The van der Waals surface area contributed by atoms with Gasteiger partial charge in [0, 0.05) is 22.6 Å². The molecule has 0 radical (unpaired) electrons. The number of esters is 1. The van der Waals surface area contributed by atoms with Crippen LogP contribution in [0, 0.1) is 0 Å². The van der Waals surface area contributed by atoms with E-state index in [-0.39, 0.29) is 16.3 Å². The van der Waals surface area contributed by atoms with Crippen molar-refractivity contribution >= 4 is 40.5 Å². The Morgan fingerprint density at radius 1 is 1.11 bits per heavy atom. The van der Waals surface area contributed by atoms with Crippen LogP contribution in [-0.2, 0) is 4.79 Å². The van der Waals surface area contributed by atoms with Crippen LogP contribution in [0.4, 0.5) is 0 Å². The largest absolute Gasteiger partial charge is 0.506 e. The summed E-state index contributed by atoms with van der Waals surface area (Å²) >= 11 is 5.80. The van der Waals surface area contributed by atoms with Crippen molar-refractivity contribution in [1.82, 2.24) is 5.43 Å². The number of aromatic hydroxyl groups is 1. The SMILES string of the molecule is C=CC(=O)Oc1ccc(C=NNC(=O)c2ccc(O)c(Cl)c2)c2ccccc12. The van der Waals surface area contributed by atoms with E-state index in [1.807, 2.05) is 24.3 Å². The number of carbonyl (C=O) groups excluding carboxylic acids is 2. The molecule has 0 aromatic heterocycles. The highest BCUT2D eigenvalue weighted by Crippen LogP contribution is 2.28. The number of phenolic OH excluding ortho intramolecular Hbond substituents is 1. The third-order valence-corrected chi connectivity index (χ3v) is 4.18. The van der Waals surface area contributed by atoms with Gasteiger partial charge in [0.1, 0.15) is 11.5 Å². The average Bonchev–Trinajstić information content (AvgIpc) is 2.71. The molecule has 0 heterocycles. The molecule has 0 unspecified atom stereocenters. The van der Waals surface area contributed by atoms with Crippen molar-refractivity contribution in [3.05, 3.63) is 83.4 Å². The number of ether oxygens (including phenoxy) is 1. The number of rotatable bonds is 5. The molecule has 0 bridgehead atoms. The second-order valence-corrected chi connectivity index (χ2v) is 6.10. The maximum atomic E-state index is 12.1. The van der Waals surface area contributed by atoms with E-state index >= 15 is 0 Å². The Morgan fingerprint density at radius 2 is 1.86 bits per heavy atom. The van der Waals surface area contributed by atoms with Gasteiger partial charge in [-0.2, -0.15) is 5.10 Å². The Bertz CT molecular complexity index is 1110. The van der Waals surface area contributed by atoms with Crippen LogP contribution in [-0.4, -0.2) is 23.2 Å². The summed E-state index contributed by atoms with van der Waals surface area (Å²) in [4.78, 5) is 23.6. The number of phenols is 1. The smallest absolute Gasteiger partial charge is 0.335 e. The van der Waals surface area contributed by atoms with Crippen molar-refractivity contribution in [2.45, 2.75) is 0 Å². The quantitative estimate of drug-likeness (QED) is 0.224. The van der Waals surface area contributed by atoms with E-state index in [1.165, 1.54) is 24.4 Å². The van der Waals surface area contributed by atoms with Crippen molar-refractivity contribution in [2.24, 2.45) is 5.10 Å². The van der Waals surface area contributed by atoms with Gasteiger partial charge in [-0.3, -0.25) is 4.79 Å². The molecule has 0 aliphatic heterocycles. The highest BCUT2D eigenvalue weighted by molar-refractivity contribution is 6.32. The summed E-state index contributed by atoms with van der Waals surface area (Å²) in [6, 6.07) is 14.8. The summed E-state index contributed by atoms with van der Waals surface area (Å²) in [5, 5.41) is 15.0. The first-order valence-corrected chi connectivity index (χ1v) is 8.55. The minimum Gasteiger partial charge on any atom is -0.506 e. The molecule has 140 valence electrons. The van der Waals surface area contributed by atoms with Crippen molar-refractivity contribution in [1.29, 1.82) is 0 Å². The molecule has 7 heteroatoms. The zero-order valence-corrected chi connectivity index (χ0v) is 15.3. The number of hydrogen-bond acceptors (Lipinski definition) is 5. The fourth-order valence-corrected chi connectivity index (χ4v) is 2.70. The minimum atomic E-state index is -0.550. The highest BCUT2D eigenvalue weighted by atomic mass is 35.5. The standard InChI is InChI=1S/C21H15ClN2O4/c1-2-20(26)28-19-10-8-14(15-5-3-4-6-16(15)19)12-23-24-21(27)13-7-9-18(25)17(22)11-13/h2-12,25H,1H2,(H,24,27). The summed E-state index contributed by atoms with van der Waals surface area (Å²) in [5.74, 6) is -0.726. The molecular weight excluding hydrogens is 380 g/mol. The van der Waals surface area contributed by atoms with Crippen molar-refractivity contribution < 1.29 is 19.4 Å². The molecule has 2 N–H and O–H groups in total. The Hall–Kier alpha value is -3.64. The molecule has 3 aromatic carbocycles. The number of nitrogens with zero attached hydrogens (tertiary/aromatic N) is 1. The van der Waals surface area contributed by atoms with Gasteiger partial charge in [-0.25, -0.2) is 10.2 Å². The lowest BCUT2D eigenvalue weighted by Crippen LogP contribution is -2.17. The number of halogens is 1. The van der Waals surface area contributed by atoms with Crippen LogP contribution in [0.2, 0.25) is 5.02 Å². The van der Waals surface area contributed by atoms with Gasteiger partial charge in [-0.15, -0.1) is 0 Å². The Balaban J connectivity index is 1.83. The molecule has 6 nitrogen and oxygen atoms in total. The number of hydrogen-bond donors (Lipinski definition) is 2. The maximum Gasteiger partial charge on any atom is 0.335 e. The van der Waals surface area contributed by atoms with Gasteiger partial charge in [-0.05, 0) is 35.7 Å².